The summed E-state index contributed by atoms with van der Waals surface area (Å²) in [5.74, 6) is 0.00786. The van der Waals surface area contributed by atoms with Gasteiger partial charge >= 0.3 is 0 Å². The Bertz CT molecular complexity index is 1370. The highest BCUT2D eigenvalue weighted by Gasteiger charge is 2.24. The summed E-state index contributed by atoms with van der Waals surface area (Å²) in [6, 6.07) is 18.1. The van der Waals surface area contributed by atoms with Gasteiger partial charge in [0.15, 0.2) is 0 Å². The van der Waals surface area contributed by atoms with E-state index in [2.05, 4.69) is 35.6 Å². The molecular formula is C28H29ClN4O2S. The van der Waals surface area contributed by atoms with Crippen LogP contribution in [0.3, 0.4) is 0 Å². The second kappa shape index (κ2) is 11.0. The maximum atomic E-state index is 13.5. The molecule has 2 aromatic carbocycles. The number of hydrogen-bond donors (Lipinski definition) is 0. The molecule has 0 radical (unpaired) electrons. The third-order valence-electron chi connectivity index (χ3n) is 6.45. The van der Waals surface area contributed by atoms with Gasteiger partial charge in [0, 0.05) is 46.8 Å². The largest absolute Gasteiger partial charge is 0.376 e. The van der Waals surface area contributed by atoms with Crippen molar-refractivity contribution in [2.75, 3.05) is 19.4 Å². The Morgan fingerprint density at radius 1 is 1.19 bits per heavy atom. The molecule has 1 fully saturated rings. The van der Waals surface area contributed by atoms with Crippen molar-refractivity contribution in [3.8, 4) is 11.3 Å². The van der Waals surface area contributed by atoms with E-state index in [0.717, 1.165) is 57.8 Å². The van der Waals surface area contributed by atoms with Crippen LogP contribution in [0.15, 0.2) is 65.7 Å². The minimum absolute atomic E-state index is 0.00786. The molecule has 6 nitrogen and oxygen atoms in total. The van der Waals surface area contributed by atoms with Crippen molar-refractivity contribution in [1.82, 2.24) is 19.7 Å². The molecule has 186 valence electrons. The van der Waals surface area contributed by atoms with Crippen LogP contribution in [0.25, 0.3) is 22.2 Å². The zero-order valence-electron chi connectivity index (χ0n) is 20.5. The number of carbonyl (C=O) groups excluding carboxylic acids is 1. The van der Waals surface area contributed by atoms with E-state index in [1.54, 1.807) is 16.4 Å². The van der Waals surface area contributed by atoms with E-state index in [-0.39, 0.29) is 18.6 Å². The highest BCUT2D eigenvalue weighted by Crippen LogP contribution is 2.30. The quantitative estimate of drug-likeness (QED) is 0.267. The predicted molar refractivity (Wildman–Crippen MR) is 145 cm³/mol. The van der Waals surface area contributed by atoms with Gasteiger partial charge in [-0.05, 0) is 68.0 Å². The first-order valence-corrected chi connectivity index (χ1v) is 13.7. The number of benzene rings is 2. The standard InChI is InChI=1S/C28H29ClN4O2S/c1-19-11-12-33(31-19)18-27(34)32(17-24-4-3-13-35-24)16-22-14-21-7-10-25(36-2)15-26(21)30-28(22)20-5-8-23(29)9-6-20/h5-12,14-15,24H,3-4,13,16-18H2,1-2H3/t24-/m0/s1. The second-order valence-electron chi connectivity index (χ2n) is 9.13. The number of carbonyl (C=O) groups is 1. The van der Waals surface area contributed by atoms with Gasteiger partial charge in [0.25, 0.3) is 0 Å². The number of nitrogens with zero attached hydrogens (tertiary/aromatic N) is 4. The van der Waals surface area contributed by atoms with Gasteiger partial charge in [-0.15, -0.1) is 11.8 Å². The molecule has 1 amide bonds. The summed E-state index contributed by atoms with van der Waals surface area (Å²) >= 11 is 7.87. The fourth-order valence-electron chi connectivity index (χ4n) is 4.58. The summed E-state index contributed by atoms with van der Waals surface area (Å²) in [4.78, 5) is 21.7. The highest BCUT2D eigenvalue weighted by atomic mass is 35.5. The number of aryl methyl sites for hydroxylation is 1. The molecule has 5 rings (SSSR count). The van der Waals surface area contributed by atoms with Crippen LogP contribution in [0, 0.1) is 6.92 Å². The predicted octanol–water partition coefficient (Wildman–Crippen LogP) is 5.99. The Morgan fingerprint density at radius 3 is 2.72 bits per heavy atom. The number of ether oxygens (including phenoxy) is 1. The van der Waals surface area contributed by atoms with Gasteiger partial charge in [-0.3, -0.25) is 9.48 Å². The number of rotatable bonds is 8. The van der Waals surface area contributed by atoms with Crippen LogP contribution in [-0.2, 0) is 22.6 Å². The van der Waals surface area contributed by atoms with Crippen LogP contribution >= 0.6 is 23.4 Å². The summed E-state index contributed by atoms with van der Waals surface area (Å²) in [5.41, 5.74) is 4.64. The molecule has 1 aliphatic rings. The Hall–Kier alpha value is -2.87. The Morgan fingerprint density at radius 2 is 2.03 bits per heavy atom. The summed E-state index contributed by atoms with van der Waals surface area (Å²) in [6.07, 6.45) is 5.94. The number of aromatic nitrogens is 3. The topological polar surface area (TPSA) is 60.2 Å². The maximum absolute atomic E-state index is 13.5. The third-order valence-corrected chi connectivity index (χ3v) is 7.43. The van der Waals surface area contributed by atoms with Gasteiger partial charge < -0.3 is 9.64 Å². The lowest BCUT2D eigenvalue weighted by molar-refractivity contribution is -0.134. The average molecular weight is 521 g/mol. The molecule has 0 spiro atoms. The van der Waals surface area contributed by atoms with Crippen molar-refractivity contribution < 1.29 is 9.53 Å². The molecule has 3 heterocycles. The zero-order valence-corrected chi connectivity index (χ0v) is 22.1. The first-order valence-electron chi connectivity index (χ1n) is 12.1. The molecule has 0 saturated carbocycles. The lowest BCUT2D eigenvalue weighted by Crippen LogP contribution is -2.39. The van der Waals surface area contributed by atoms with E-state index < -0.39 is 0 Å². The van der Waals surface area contributed by atoms with E-state index in [4.69, 9.17) is 21.3 Å². The van der Waals surface area contributed by atoms with Crippen molar-refractivity contribution in [2.45, 2.75) is 43.9 Å². The third kappa shape index (κ3) is 5.75. The molecule has 36 heavy (non-hydrogen) atoms. The Labute approximate surface area is 220 Å². The van der Waals surface area contributed by atoms with E-state index in [1.807, 2.05) is 48.4 Å². The number of hydrogen-bond acceptors (Lipinski definition) is 5. The van der Waals surface area contributed by atoms with Crippen LogP contribution in [0.1, 0.15) is 24.1 Å². The lowest BCUT2D eigenvalue weighted by Gasteiger charge is -2.27. The van der Waals surface area contributed by atoms with Crippen molar-refractivity contribution in [3.05, 3.63) is 77.1 Å². The van der Waals surface area contributed by atoms with Crippen LogP contribution in [0.2, 0.25) is 5.02 Å². The molecule has 1 atom stereocenters. The number of pyridine rings is 1. The van der Waals surface area contributed by atoms with E-state index in [9.17, 15) is 4.79 Å². The average Bonchev–Trinajstić information content (AvgIpc) is 3.55. The van der Waals surface area contributed by atoms with E-state index >= 15 is 0 Å². The van der Waals surface area contributed by atoms with Crippen molar-refractivity contribution in [3.63, 3.8) is 0 Å². The molecule has 8 heteroatoms. The van der Waals surface area contributed by atoms with Gasteiger partial charge in [0.2, 0.25) is 5.91 Å². The molecule has 1 saturated heterocycles. The van der Waals surface area contributed by atoms with Crippen LogP contribution in [0.4, 0.5) is 0 Å². The van der Waals surface area contributed by atoms with Gasteiger partial charge in [0.1, 0.15) is 6.54 Å². The maximum Gasteiger partial charge on any atom is 0.244 e. The van der Waals surface area contributed by atoms with Crippen LogP contribution in [0.5, 0.6) is 0 Å². The number of fused-ring (bicyclic) bond motifs is 1. The van der Waals surface area contributed by atoms with E-state index in [0.29, 0.717) is 18.1 Å². The second-order valence-corrected chi connectivity index (χ2v) is 10.4. The minimum Gasteiger partial charge on any atom is -0.376 e. The molecular weight excluding hydrogens is 492 g/mol. The van der Waals surface area contributed by atoms with Gasteiger partial charge in [-0.1, -0.05) is 29.8 Å². The number of halogens is 1. The number of thioether (sulfide) groups is 1. The van der Waals surface area contributed by atoms with Gasteiger partial charge in [-0.2, -0.15) is 5.10 Å². The van der Waals surface area contributed by atoms with E-state index in [1.165, 1.54) is 0 Å². The van der Waals surface area contributed by atoms with Crippen LogP contribution < -0.4 is 0 Å². The minimum atomic E-state index is 0.00786. The molecule has 1 aliphatic heterocycles. The molecule has 2 aromatic heterocycles. The summed E-state index contributed by atoms with van der Waals surface area (Å²) in [5, 5.41) is 6.14. The smallest absolute Gasteiger partial charge is 0.244 e. The normalized spacial score (nSPS) is 15.5. The van der Waals surface area contributed by atoms with Crippen molar-refractivity contribution in [1.29, 1.82) is 0 Å². The summed E-state index contributed by atoms with van der Waals surface area (Å²) in [6.45, 7) is 3.84. The molecule has 4 aromatic rings. The molecule has 0 bridgehead atoms. The fraction of sp³-hybridized carbons (Fsp3) is 0.321. The summed E-state index contributed by atoms with van der Waals surface area (Å²) in [7, 11) is 0. The van der Waals surface area contributed by atoms with Gasteiger partial charge in [-0.25, -0.2) is 4.98 Å². The first-order chi connectivity index (χ1) is 17.5. The highest BCUT2D eigenvalue weighted by molar-refractivity contribution is 7.98. The summed E-state index contributed by atoms with van der Waals surface area (Å²) < 4.78 is 7.60. The Kier molecular flexibility index (Phi) is 7.60. The SMILES string of the molecule is CSc1ccc2cc(CN(C[C@@H]3CCCO3)C(=O)Cn3ccc(C)n3)c(-c3ccc(Cl)cc3)nc2c1. The molecule has 0 unspecified atom stereocenters. The zero-order chi connectivity index (χ0) is 25.1. The fourth-order valence-corrected chi connectivity index (χ4v) is 5.14. The Balaban J connectivity index is 1.53. The number of amides is 1. The molecule has 0 aliphatic carbocycles. The van der Waals surface area contributed by atoms with Gasteiger partial charge in [0.05, 0.1) is 23.0 Å². The molecule has 0 N–H and O–H groups in total. The monoisotopic (exact) mass is 520 g/mol. The van der Waals surface area contributed by atoms with Crippen LogP contribution in [-0.4, -0.2) is 51.1 Å². The van der Waals surface area contributed by atoms with Crippen molar-refractivity contribution >= 4 is 40.2 Å². The van der Waals surface area contributed by atoms with Crippen molar-refractivity contribution in [2.24, 2.45) is 0 Å². The lowest BCUT2D eigenvalue weighted by atomic mass is 10.0. The first kappa shape index (κ1) is 24.8.